The first-order valence-corrected chi connectivity index (χ1v) is 19.8. The highest BCUT2D eigenvalue weighted by Gasteiger charge is 2.61. The van der Waals surface area contributed by atoms with E-state index >= 15 is 0 Å². The van der Waals surface area contributed by atoms with E-state index in [2.05, 4.69) is 13.0 Å². The first-order valence-electron chi connectivity index (χ1n) is 19.8. The molecule has 2 rings (SSSR count). The molecule has 56 heavy (non-hydrogen) atoms. The zero-order chi connectivity index (χ0) is 42.0. The van der Waals surface area contributed by atoms with E-state index in [1.54, 1.807) is 51.3 Å². The van der Waals surface area contributed by atoms with Crippen LogP contribution in [0.25, 0.3) is 0 Å². The quantitative estimate of drug-likeness (QED) is 0.0973. The molecule has 2 heterocycles. The Kier molecular flexibility index (Phi) is 22.0. The molecule has 1 fully saturated rings. The zero-order valence-electron chi connectivity index (χ0n) is 34.8. The van der Waals surface area contributed by atoms with Crippen LogP contribution >= 0.6 is 0 Å². The highest BCUT2D eigenvalue weighted by Crippen LogP contribution is 2.44. The number of hydrogen-bond donors (Lipinski definition) is 6. The van der Waals surface area contributed by atoms with Gasteiger partial charge in [0.1, 0.15) is 42.2 Å². The van der Waals surface area contributed by atoms with Crippen molar-refractivity contribution in [1.82, 2.24) is 0 Å². The molecular formula is C44H70O12. The summed E-state index contributed by atoms with van der Waals surface area (Å²) in [6, 6.07) is 0. The fourth-order valence-electron chi connectivity index (χ4n) is 6.97. The molecule has 12 heteroatoms. The third kappa shape index (κ3) is 15.9. The molecule has 4 unspecified atom stereocenters. The SMILES string of the molecule is CCC[C@H](O)[C@@H](OC)C1OC1(C)[C@@H](O)C/C=C/[C@@H]1OC(=O)/C=C/C=C/[C@H](O)[C@H](O)/C=C/C(C)=C/C(C)CCC[C@@H](OC)[C@@H](O)/C=C/C(C)=C/[C@@H](C)[C@H](O)C1OC. The lowest BCUT2D eigenvalue weighted by Gasteiger charge is -2.30. The molecule has 0 spiro atoms. The van der Waals surface area contributed by atoms with Crippen molar-refractivity contribution in [2.24, 2.45) is 11.8 Å². The molecule has 2 aliphatic heterocycles. The Balaban J connectivity index is 2.39. The van der Waals surface area contributed by atoms with E-state index in [9.17, 15) is 35.4 Å². The van der Waals surface area contributed by atoms with Crippen LogP contribution in [0.15, 0.2) is 84.1 Å². The van der Waals surface area contributed by atoms with Crippen LogP contribution in [0.4, 0.5) is 0 Å². The molecule has 0 radical (unpaired) electrons. The normalized spacial score (nSPS) is 39.2. The minimum absolute atomic E-state index is 0.0968. The van der Waals surface area contributed by atoms with Crippen LogP contribution in [0.2, 0.25) is 0 Å². The Morgan fingerprint density at radius 3 is 2.16 bits per heavy atom. The summed E-state index contributed by atoms with van der Waals surface area (Å²) < 4.78 is 28.5. The lowest BCUT2D eigenvalue weighted by Crippen LogP contribution is -2.43. The molecule has 0 bridgehead atoms. The van der Waals surface area contributed by atoms with Crippen LogP contribution in [0.1, 0.15) is 80.1 Å². The second kappa shape index (κ2) is 24.9. The third-order valence-corrected chi connectivity index (χ3v) is 10.5. The molecule has 1 saturated heterocycles. The maximum atomic E-state index is 13.1. The van der Waals surface area contributed by atoms with Gasteiger partial charge in [-0.25, -0.2) is 4.79 Å². The first kappa shape index (κ1) is 49.4. The minimum Gasteiger partial charge on any atom is -0.452 e. The molecule has 0 saturated carbocycles. The number of aliphatic hydroxyl groups excluding tert-OH is 6. The Morgan fingerprint density at radius 2 is 1.54 bits per heavy atom. The summed E-state index contributed by atoms with van der Waals surface area (Å²) in [7, 11) is 4.47. The summed E-state index contributed by atoms with van der Waals surface area (Å²) in [4.78, 5) is 13.1. The summed E-state index contributed by atoms with van der Waals surface area (Å²) in [5, 5.41) is 65.0. The van der Waals surface area contributed by atoms with E-state index in [0.29, 0.717) is 12.8 Å². The van der Waals surface area contributed by atoms with E-state index in [4.69, 9.17) is 23.7 Å². The number of carbonyl (C=O) groups is 1. The maximum absolute atomic E-state index is 13.1. The number of cyclic esters (lactones) is 1. The summed E-state index contributed by atoms with van der Waals surface area (Å²) in [6.45, 7) is 11.4. The Labute approximate surface area is 334 Å². The third-order valence-electron chi connectivity index (χ3n) is 10.5. The second-order valence-electron chi connectivity index (χ2n) is 15.3. The molecule has 0 aromatic heterocycles. The van der Waals surface area contributed by atoms with Crippen molar-refractivity contribution in [3.63, 3.8) is 0 Å². The number of aliphatic hydroxyl groups is 6. The van der Waals surface area contributed by atoms with E-state index in [-0.39, 0.29) is 12.3 Å². The van der Waals surface area contributed by atoms with Gasteiger partial charge in [0.05, 0.1) is 30.5 Å². The van der Waals surface area contributed by atoms with Gasteiger partial charge in [0.25, 0.3) is 0 Å². The Morgan fingerprint density at radius 1 is 0.893 bits per heavy atom. The number of hydrogen-bond acceptors (Lipinski definition) is 12. The Hall–Kier alpha value is -2.75. The molecule has 12 nitrogen and oxygen atoms in total. The van der Waals surface area contributed by atoms with Crippen molar-refractivity contribution < 1.29 is 59.1 Å². The molecule has 14 atom stereocenters. The number of carbonyl (C=O) groups excluding carboxylic acids is 1. The van der Waals surface area contributed by atoms with Gasteiger partial charge >= 0.3 is 5.97 Å². The van der Waals surface area contributed by atoms with E-state index < -0.39 is 84.6 Å². The predicted octanol–water partition coefficient (Wildman–Crippen LogP) is 4.59. The number of epoxide rings is 1. The summed E-state index contributed by atoms with van der Waals surface area (Å²) in [6.07, 6.45) is 12.9. The molecule has 0 aliphatic carbocycles. The van der Waals surface area contributed by atoms with Crippen LogP contribution in [-0.4, -0.2) is 131 Å². The molecule has 0 aromatic carbocycles. The number of esters is 1. The first-order chi connectivity index (χ1) is 26.5. The maximum Gasteiger partial charge on any atom is 0.331 e. The molecule has 0 aromatic rings. The molecule has 0 amide bonds. The van der Waals surface area contributed by atoms with E-state index in [1.807, 2.05) is 26.8 Å². The Bertz CT molecular complexity index is 1380. The summed E-state index contributed by atoms with van der Waals surface area (Å²) in [5.41, 5.74) is 0.738. The van der Waals surface area contributed by atoms with Gasteiger partial charge in [0.15, 0.2) is 0 Å². The second-order valence-corrected chi connectivity index (χ2v) is 15.3. The van der Waals surface area contributed by atoms with Gasteiger partial charge in [-0.2, -0.15) is 0 Å². The highest BCUT2D eigenvalue weighted by atomic mass is 16.6. The van der Waals surface area contributed by atoms with Crippen LogP contribution in [-0.2, 0) is 28.5 Å². The summed E-state index contributed by atoms with van der Waals surface area (Å²) >= 11 is 0. The lowest BCUT2D eigenvalue weighted by atomic mass is 9.91. The average molecular weight is 791 g/mol. The van der Waals surface area contributed by atoms with E-state index in [1.165, 1.54) is 38.5 Å². The smallest absolute Gasteiger partial charge is 0.331 e. The number of allylic oxidation sites excluding steroid dienone is 7. The van der Waals surface area contributed by atoms with Crippen molar-refractivity contribution in [2.45, 2.75) is 153 Å². The lowest BCUT2D eigenvalue weighted by molar-refractivity contribution is -0.152. The van der Waals surface area contributed by atoms with Gasteiger partial charge in [-0.3, -0.25) is 0 Å². The average Bonchev–Trinajstić information content (AvgIpc) is 3.84. The molecular weight excluding hydrogens is 720 g/mol. The zero-order valence-corrected chi connectivity index (χ0v) is 34.8. The van der Waals surface area contributed by atoms with Gasteiger partial charge in [0.2, 0.25) is 0 Å². The summed E-state index contributed by atoms with van der Waals surface area (Å²) in [5.74, 6) is -1.02. The number of ether oxygens (including phenoxy) is 5. The molecule has 2 aliphatic rings. The number of rotatable bonds is 11. The van der Waals surface area contributed by atoms with Crippen molar-refractivity contribution in [3.8, 4) is 0 Å². The molecule has 6 N–H and O–H groups in total. The van der Waals surface area contributed by atoms with Crippen LogP contribution in [0, 0.1) is 11.8 Å². The van der Waals surface area contributed by atoms with Crippen LogP contribution in [0.5, 0.6) is 0 Å². The fourth-order valence-corrected chi connectivity index (χ4v) is 6.97. The van der Waals surface area contributed by atoms with Crippen LogP contribution < -0.4 is 0 Å². The van der Waals surface area contributed by atoms with Crippen LogP contribution in [0.3, 0.4) is 0 Å². The topological polar surface area (TPSA) is 188 Å². The minimum atomic E-state index is -1.23. The standard InChI is InChI=1S/C44H70O12/c1-10-15-35(48)41(53-8)43-44(6,56-43)38(49)20-14-19-37-42(54-9)40(51)31(5)27-30(4)23-25-34(47)36(52-7)18-13-16-28(2)26-29(3)22-24-33(46)32(45)17-11-12-21-39(50)55-37/h11-12,14,17,19,21-28,31-38,40-43,45-49,51H,10,13,15-16,18,20H2,1-9H3/b17-11+,19-14+,21-12+,24-22+,25-23+,29-26+,30-27+/t28?,31-,32+,33-,34+,35+,36-,37+,38+,40+,41-,42?,43?,44?/m1/s1. The van der Waals surface area contributed by atoms with Crippen molar-refractivity contribution in [3.05, 3.63) is 84.1 Å². The highest BCUT2D eigenvalue weighted by molar-refractivity contribution is 5.82. The van der Waals surface area contributed by atoms with Crippen molar-refractivity contribution in [2.75, 3.05) is 21.3 Å². The van der Waals surface area contributed by atoms with Crippen molar-refractivity contribution in [1.29, 1.82) is 0 Å². The number of methoxy groups -OCH3 is 3. The monoisotopic (exact) mass is 790 g/mol. The van der Waals surface area contributed by atoms with Gasteiger partial charge in [0, 0.05) is 33.3 Å². The van der Waals surface area contributed by atoms with Gasteiger partial charge in [-0.05, 0) is 58.4 Å². The van der Waals surface area contributed by atoms with Gasteiger partial charge < -0.3 is 54.3 Å². The molecule has 318 valence electrons. The fraction of sp³-hybridized carbons (Fsp3) is 0.659. The van der Waals surface area contributed by atoms with Gasteiger partial charge in [-0.15, -0.1) is 0 Å². The van der Waals surface area contributed by atoms with E-state index in [0.717, 1.165) is 36.5 Å². The van der Waals surface area contributed by atoms with Crippen molar-refractivity contribution >= 4 is 5.97 Å². The van der Waals surface area contributed by atoms with Gasteiger partial charge in [-0.1, -0.05) is 106 Å². The predicted molar refractivity (Wildman–Crippen MR) is 217 cm³/mol. The largest absolute Gasteiger partial charge is 0.452 e.